The molecule has 0 spiro atoms. The summed E-state index contributed by atoms with van der Waals surface area (Å²) < 4.78 is 12.1. The predicted molar refractivity (Wildman–Crippen MR) is 147 cm³/mol. The fraction of sp³-hybridized carbons (Fsp3) is 0.419. The maximum atomic E-state index is 13.1. The summed E-state index contributed by atoms with van der Waals surface area (Å²) in [5.74, 6) is 1.50. The van der Waals surface area contributed by atoms with Gasteiger partial charge in [0.05, 0.1) is 29.9 Å². The summed E-state index contributed by atoms with van der Waals surface area (Å²) in [5, 5.41) is 9.11. The Morgan fingerprint density at radius 2 is 1.74 bits per heavy atom. The van der Waals surface area contributed by atoms with E-state index in [1.165, 1.54) is 24.1 Å². The van der Waals surface area contributed by atoms with Crippen molar-refractivity contribution in [1.82, 2.24) is 9.80 Å². The molecule has 38 heavy (non-hydrogen) atoms. The third-order valence-electron chi connectivity index (χ3n) is 7.60. The Labute approximate surface area is 225 Å². The number of hydrogen-bond donors (Lipinski definition) is 0. The first-order valence-corrected chi connectivity index (χ1v) is 13.5. The highest BCUT2D eigenvalue weighted by Gasteiger charge is 2.27. The van der Waals surface area contributed by atoms with Crippen molar-refractivity contribution in [3.05, 3.63) is 88.4 Å². The minimum Gasteiger partial charge on any atom is -0.466 e. The molecule has 198 valence electrons. The van der Waals surface area contributed by atoms with Crippen molar-refractivity contribution in [2.75, 3.05) is 50.7 Å². The summed E-state index contributed by atoms with van der Waals surface area (Å²) in [6, 6.07) is 20.4. The summed E-state index contributed by atoms with van der Waals surface area (Å²) in [5.41, 5.74) is 4.79. The topological polar surface area (TPSA) is 73.0 Å². The molecular weight excluding hydrogens is 476 g/mol. The molecule has 1 unspecified atom stereocenters. The monoisotopic (exact) mass is 512 g/mol. The van der Waals surface area contributed by atoms with Gasteiger partial charge in [-0.2, -0.15) is 5.26 Å². The molecule has 0 N–H and O–H groups in total. The SMILES string of the molecule is Cc1cc(C(=O)N2CCN(CC(OCc3ccc(C#N)cc3)c3cccc(N4CCCC4)c3)CC2)c(C)o1. The van der Waals surface area contributed by atoms with Crippen LogP contribution in [-0.2, 0) is 11.3 Å². The van der Waals surface area contributed by atoms with E-state index in [2.05, 4.69) is 40.1 Å². The Kier molecular flexibility index (Phi) is 8.11. The van der Waals surface area contributed by atoms with Crippen molar-refractivity contribution in [1.29, 1.82) is 5.26 Å². The molecule has 0 saturated carbocycles. The van der Waals surface area contributed by atoms with Gasteiger partial charge in [0.25, 0.3) is 5.91 Å². The molecule has 3 aromatic rings. The summed E-state index contributed by atoms with van der Waals surface area (Å²) in [6.07, 6.45) is 2.38. The van der Waals surface area contributed by atoms with Gasteiger partial charge in [-0.15, -0.1) is 0 Å². The standard InChI is InChI=1S/C31H36N4O3/c1-23-18-29(24(2)38-23)31(36)35-16-14-33(15-17-35)21-30(37-22-26-10-8-25(20-32)9-11-26)27-6-5-7-28(19-27)34-12-3-4-13-34/h5-11,18-19,30H,3-4,12-17,21-22H2,1-2H3. The van der Waals surface area contributed by atoms with Crippen molar-refractivity contribution in [2.45, 2.75) is 39.4 Å². The van der Waals surface area contributed by atoms with E-state index in [1.54, 1.807) is 0 Å². The van der Waals surface area contributed by atoms with Gasteiger partial charge in [-0.1, -0.05) is 24.3 Å². The Bertz CT molecular complexity index is 1280. The van der Waals surface area contributed by atoms with Gasteiger partial charge in [0.15, 0.2) is 0 Å². The molecule has 1 aromatic heterocycles. The number of furan rings is 1. The highest BCUT2D eigenvalue weighted by molar-refractivity contribution is 5.95. The van der Waals surface area contributed by atoms with Crippen molar-refractivity contribution in [3.8, 4) is 6.07 Å². The first-order valence-electron chi connectivity index (χ1n) is 13.5. The molecule has 1 amide bonds. The number of nitriles is 1. The zero-order valence-electron chi connectivity index (χ0n) is 22.4. The quantitative estimate of drug-likeness (QED) is 0.419. The van der Waals surface area contributed by atoms with Gasteiger partial charge in [0.2, 0.25) is 0 Å². The molecule has 3 heterocycles. The lowest BCUT2D eigenvalue weighted by molar-refractivity contribution is 0.00342. The van der Waals surface area contributed by atoms with Crippen LogP contribution in [0.4, 0.5) is 5.69 Å². The minimum atomic E-state index is -0.103. The predicted octanol–water partition coefficient (Wildman–Crippen LogP) is 5.08. The van der Waals surface area contributed by atoms with Crippen LogP contribution in [0.5, 0.6) is 0 Å². The second kappa shape index (κ2) is 11.8. The van der Waals surface area contributed by atoms with E-state index >= 15 is 0 Å². The van der Waals surface area contributed by atoms with Crippen LogP contribution in [0.15, 0.2) is 59.0 Å². The highest BCUT2D eigenvalue weighted by atomic mass is 16.5. The number of hydrogen-bond acceptors (Lipinski definition) is 6. The molecular formula is C31H36N4O3. The number of piperazine rings is 1. The lowest BCUT2D eigenvalue weighted by atomic mass is 10.1. The third kappa shape index (κ3) is 6.09. The van der Waals surface area contributed by atoms with Gasteiger partial charge in [-0.25, -0.2) is 0 Å². The lowest BCUT2D eigenvalue weighted by Crippen LogP contribution is -2.49. The van der Waals surface area contributed by atoms with Gasteiger partial charge in [-0.05, 0) is 68.1 Å². The van der Waals surface area contributed by atoms with E-state index in [4.69, 9.17) is 14.4 Å². The van der Waals surface area contributed by atoms with Crippen molar-refractivity contribution in [3.63, 3.8) is 0 Å². The zero-order valence-corrected chi connectivity index (χ0v) is 22.4. The van der Waals surface area contributed by atoms with E-state index in [9.17, 15) is 4.79 Å². The molecule has 7 heteroatoms. The number of amides is 1. The zero-order chi connectivity index (χ0) is 26.5. The fourth-order valence-electron chi connectivity index (χ4n) is 5.41. The number of rotatable bonds is 8. The number of aryl methyl sites for hydroxylation is 2. The van der Waals surface area contributed by atoms with E-state index in [1.807, 2.05) is 49.1 Å². The normalized spacial score (nSPS) is 17.0. The Morgan fingerprint density at radius 3 is 2.39 bits per heavy atom. The van der Waals surface area contributed by atoms with Gasteiger partial charge in [-0.3, -0.25) is 9.69 Å². The van der Waals surface area contributed by atoms with Crippen LogP contribution < -0.4 is 4.90 Å². The van der Waals surface area contributed by atoms with Crippen molar-refractivity contribution >= 4 is 11.6 Å². The third-order valence-corrected chi connectivity index (χ3v) is 7.60. The largest absolute Gasteiger partial charge is 0.466 e. The molecule has 2 saturated heterocycles. The fourth-order valence-corrected chi connectivity index (χ4v) is 5.41. The molecule has 1 atom stereocenters. The molecule has 5 rings (SSSR count). The average molecular weight is 513 g/mol. The molecule has 7 nitrogen and oxygen atoms in total. The minimum absolute atomic E-state index is 0.0472. The Balaban J connectivity index is 1.27. The second-order valence-electron chi connectivity index (χ2n) is 10.3. The van der Waals surface area contributed by atoms with Crippen LogP contribution in [0, 0.1) is 25.2 Å². The van der Waals surface area contributed by atoms with Crippen molar-refractivity contribution in [2.24, 2.45) is 0 Å². The van der Waals surface area contributed by atoms with E-state index in [0.717, 1.165) is 44.0 Å². The number of benzene rings is 2. The average Bonchev–Trinajstić information content (AvgIpc) is 3.61. The number of carbonyl (C=O) groups excluding carboxylic acids is 1. The maximum Gasteiger partial charge on any atom is 0.257 e. The molecule has 2 aromatic carbocycles. The second-order valence-corrected chi connectivity index (χ2v) is 10.3. The number of nitrogens with zero attached hydrogens (tertiary/aromatic N) is 4. The molecule has 2 aliphatic heterocycles. The van der Waals surface area contributed by atoms with Crippen LogP contribution in [-0.4, -0.2) is 61.5 Å². The summed E-state index contributed by atoms with van der Waals surface area (Å²) in [6.45, 7) is 10.1. The van der Waals surface area contributed by atoms with Gasteiger partial charge >= 0.3 is 0 Å². The number of anilines is 1. The molecule has 2 aliphatic rings. The molecule has 0 aliphatic carbocycles. The van der Waals surface area contributed by atoms with Crippen LogP contribution in [0.1, 0.15) is 57.5 Å². The highest BCUT2D eigenvalue weighted by Crippen LogP contribution is 2.28. The number of carbonyl (C=O) groups is 1. The van der Waals surface area contributed by atoms with Gasteiger partial charge in [0.1, 0.15) is 11.5 Å². The molecule has 0 radical (unpaired) electrons. The Morgan fingerprint density at radius 1 is 1.00 bits per heavy atom. The summed E-state index contributed by atoms with van der Waals surface area (Å²) in [7, 11) is 0. The maximum absolute atomic E-state index is 13.1. The van der Waals surface area contributed by atoms with Crippen LogP contribution in [0.3, 0.4) is 0 Å². The molecule has 2 fully saturated rings. The van der Waals surface area contributed by atoms with Crippen LogP contribution in [0.25, 0.3) is 0 Å². The Hall–Kier alpha value is -3.60. The van der Waals surface area contributed by atoms with Crippen LogP contribution >= 0.6 is 0 Å². The van der Waals surface area contributed by atoms with E-state index in [-0.39, 0.29) is 12.0 Å². The molecule has 0 bridgehead atoms. The summed E-state index contributed by atoms with van der Waals surface area (Å²) in [4.78, 5) is 19.8. The van der Waals surface area contributed by atoms with Gasteiger partial charge < -0.3 is 19.0 Å². The van der Waals surface area contributed by atoms with E-state index < -0.39 is 0 Å². The summed E-state index contributed by atoms with van der Waals surface area (Å²) >= 11 is 0. The first kappa shape index (κ1) is 26.0. The first-order chi connectivity index (χ1) is 18.5. The lowest BCUT2D eigenvalue weighted by Gasteiger charge is -2.36. The van der Waals surface area contributed by atoms with E-state index in [0.29, 0.717) is 36.6 Å². The van der Waals surface area contributed by atoms with Gasteiger partial charge in [0, 0.05) is 51.5 Å². The van der Waals surface area contributed by atoms with Crippen LogP contribution in [0.2, 0.25) is 0 Å². The van der Waals surface area contributed by atoms with Crippen molar-refractivity contribution < 1.29 is 13.9 Å². The number of ether oxygens (including phenoxy) is 1. The smallest absolute Gasteiger partial charge is 0.257 e.